The third kappa shape index (κ3) is 3.04. The van der Waals surface area contributed by atoms with E-state index in [1.54, 1.807) is 21.0 Å². The van der Waals surface area contributed by atoms with E-state index in [1.807, 2.05) is 24.3 Å². The number of hydrogen-bond donors (Lipinski definition) is 1. The van der Waals surface area contributed by atoms with Crippen LogP contribution >= 0.6 is 0 Å². The molecule has 0 amide bonds. The summed E-state index contributed by atoms with van der Waals surface area (Å²) in [5.74, 6) is -0.156. The summed E-state index contributed by atoms with van der Waals surface area (Å²) in [4.78, 5) is 12.3. The molecule has 142 valence electrons. The van der Waals surface area contributed by atoms with Crippen molar-refractivity contribution in [3.8, 4) is 5.75 Å². The molecule has 3 fully saturated rings. The number of Topliss-reactive ketones (excluding diaryl/α,β-unsaturated/α-hetero) is 1. The zero-order chi connectivity index (χ0) is 18.5. The van der Waals surface area contributed by atoms with E-state index in [2.05, 4.69) is 0 Å². The summed E-state index contributed by atoms with van der Waals surface area (Å²) in [7, 11) is 1.61. The van der Waals surface area contributed by atoms with Gasteiger partial charge in [0.1, 0.15) is 29.3 Å². The van der Waals surface area contributed by atoms with Crippen molar-refractivity contribution in [3.63, 3.8) is 0 Å². The van der Waals surface area contributed by atoms with Crippen molar-refractivity contribution < 1.29 is 33.6 Å². The van der Waals surface area contributed by atoms with Crippen LogP contribution in [0.25, 0.3) is 0 Å². The molecule has 1 saturated carbocycles. The molecule has 7 nitrogen and oxygen atoms in total. The normalized spacial score (nSPS) is 38.1. The summed E-state index contributed by atoms with van der Waals surface area (Å²) in [5.41, 5.74) is -0.489. The van der Waals surface area contributed by atoms with Gasteiger partial charge in [-0.1, -0.05) is 12.1 Å². The Morgan fingerprint density at radius 1 is 1.19 bits per heavy atom. The Bertz CT molecular complexity index is 686. The zero-order valence-electron chi connectivity index (χ0n) is 15.1. The van der Waals surface area contributed by atoms with Crippen molar-refractivity contribution in [1.29, 1.82) is 0 Å². The first kappa shape index (κ1) is 17.9. The molecular weight excluding hydrogens is 340 g/mol. The second-order valence-electron chi connectivity index (χ2n) is 7.59. The predicted octanol–water partition coefficient (Wildman–Crippen LogP) is 1.55. The molecule has 1 N–H and O–H groups in total. The molecule has 5 atom stereocenters. The first-order chi connectivity index (χ1) is 12.3. The lowest BCUT2D eigenvalue weighted by Crippen LogP contribution is -2.58. The predicted molar refractivity (Wildman–Crippen MR) is 89.5 cm³/mol. The van der Waals surface area contributed by atoms with Crippen molar-refractivity contribution >= 4 is 5.78 Å². The van der Waals surface area contributed by atoms with Gasteiger partial charge in [-0.15, -0.1) is 0 Å². The van der Waals surface area contributed by atoms with E-state index in [1.165, 1.54) is 0 Å². The Morgan fingerprint density at radius 2 is 1.92 bits per heavy atom. The van der Waals surface area contributed by atoms with E-state index in [-0.39, 0.29) is 18.6 Å². The molecule has 2 heterocycles. The van der Waals surface area contributed by atoms with Gasteiger partial charge < -0.3 is 28.8 Å². The minimum Gasteiger partial charge on any atom is -0.497 e. The maximum absolute atomic E-state index is 12.3. The van der Waals surface area contributed by atoms with Gasteiger partial charge in [-0.05, 0) is 31.5 Å². The number of hydrogen-bond acceptors (Lipinski definition) is 7. The molecule has 2 aliphatic heterocycles. The lowest BCUT2D eigenvalue weighted by atomic mass is 9.77. The van der Waals surface area contributed by atoms with Crippen LogP contribution in [0.1, 0.15) is 32.3 Å². The van der Waals surface area contributed by atoms with Gasteiger partial charge in [0.15, 0.2) is 12.1 Å². The van der Waals surface area contributed by atoms with Gasteiger partial charge in [0, 0.05) is 12.8 Å². The molecular formula is C19H24O7. The van der Waals surface area contributed by atoms with E-state index in [0.717, 1.165) is 11.3 Å². The fraction of sp³-hybridized carbons (Fsp3) is 0.632. The third-order valence-electron chi connectivity index (χ3n) is 5.19. The van der Waals surface area contributed by atoms with Crippen LogP contribution in [-0.2, 0) is 30.3 Å². The van der Waals surface area contributed by atoms with E-state index in [4.69, 9.17) is 23.7 Å². The highest BCUT2D eigenvalue weighted by atomic mass is 16.8. The lowest BCUT2D eigenvalue weighted by Gasteiger charge is -2.40. The van der Waals surface area contributed by atoms with Crippen LogP contribution < -0.4 is 4.74 Å². The van der Waals surface area contributed by atoms with Gasteiger partial charge in [0.25, 0.3) is 0 Å². The smallest absolute Gasteiger partial charge is 0.190 e. The van der Waals surface area contributed by atoms with Crippen molar-refractivity contribution in [2.24, 2.45) is 0 Å². The molecule has 3 aliphatic rings. The Hall–Kier alpha value is -1.51. The molecule has 0 bridgehead atoms. The maximum Gasteiger partial charge on any atom is 0.190 e. The van der Waals surface area contributed by atoms with Crippen molar-refractivity contribution in [3.05, 3.63) is 29.8 Å². The van der Waals surface area contributed by atoms with E-state index in [9.17, 15) is 9.90 Å². The van der Waals surface area contributed by atoms with Crippen LogP contribution in [0.15, 0.2) is 24.3 Å². The van der Waals surface area contributed by atoms with Crippen LogP contribution in [0, 0.1) is 0 Å². The zero-order valence-corrected chi connectivity index (χ0v) is 15.1. The molecule has 26 heavy (non-hydrogen) atoms. The van der Waals surface area contributed by atoms with Crippen LogP contribution in [-0.4, -0.2) is 54.0 Å². The SMILES string of the molecule is COc1ccc(CO[C@@H]2CC(=O)C[C@]3(O)[C@@H]4OC(C)(C)O[C@@H]4O[C@H]23)cc1. The van der Waals surface area contributed by atoms with Gasteiger partial charge in [-0.2, -0.15) is 0 Å². The Labute approximate surface area is 152 Å². The van der Waals surface area contributed by atoms with Crippen LogP contribution in [0.3, 0.4) is 0 Å². The quantitative estimate of drug-likeness (QED) is 0.868. The number of aliphatic hydroxyl groups is 1. The van der Waals surface area contributed by atoms with Gasteiger partial charge in [0.05, 0.1) is 19.8 Å². The van der Waals surface area contributed by atoms with Crippen molar-refractivity contribution in [2.75, 3.05) is 7.11 Å². The fourth-order valence-electron chi connectivity index (χ4n) is 3.99. The second kappa shape index (κ2) is 6.28. The average molecular weight is 364 g/mol. The van der Waals surface area contributed by atoms with Crippen LogP contribution in [0.5, 0.6) is 5.75 Å². The van der Waals surface area contributed by atoms with E-state index < -0.39 is 36.0 Å². The van der Waals surface area contributed by atoms with Gasteiger partial charge in [-0.3, -0.25) is 4.79 Å². The van der Waals surface area contributed by atoms with Crippen LogP contribution in [0.4, 0.5) is 0 Å². The summed E-state index contributed by atoms with van der Waals surface area (Å²) in [6, 6.07) is 7.49. The number of ether oxygens (including phenoxy) is 5. The van der Waals surface area contributed by atoms with Gasteiger partial charge >= 0.3 is 0 Å². The molecule has 2 saturated heterocycles. The molecule has 0 spiro atoms. The Balaban J connectivity index is 1.48. The lowest BCUT2D eigenvalue weighted by molar-refractivity contribution is -0.251. The first-order valence-electron chi connectivity index (χ1n) is 8.80. The van der Waals surface area contributed by atoms with E-state index >= 15 is 0 Å². The van der Waals surface area contributed by atoms with Crippen LogP contribution in [0.2, 0.25) is 0 Å². The summed E-state index contributed by atoms with van der Waals surface area (Å²) >= 11 is 0. The largest absolute Gasteiger partial charge is 0.497 e. The highest BCUT2D eigenvalue weighted by Gasteiger charge is 2.67. The number of fused-ring (bicyclic) bond motifs is 3. The number of ketones is 1. The Morgan fingerprint density at radius 3 is 2.62 bits per heavy atom. The average Bonchev–Trinajstić information content (AvgIpc) is 3.03. The number of rotatable bonds is 4. The fourth-order valence-corrected chi connectivity index (χ4v) is 3.99. The second-order valence-corrected chi connectivity index (χ2v) is 7.59. The maximum atomic E-state index is 12.3. The monoisotopic (exact) mass is 364 g/mol. The Kier molecular flexibility index (Phi) is 4.32. The molecule has 4 rings (SSSR count). The topological polar surface area (TPSA) is 83.5 Å². The van der Waals surface area contributed by atoms with Crippen molar-refractivity contribution in [2.45, 2.75) is 69.3 Å². The molecule has 1 aromatic rings. The highest BCUT2D eigenvalue weighted by molar-refractivity contribution is 5.81. The molecule has 0 unspecified atom stereocenters. The summed E-state index contributed by atoms with van der Waals surface area (Å²) in [5, 5.41) is 11.2. The first-order valence-corrected chi connectivity index (χ1v) is 8.80. The molecule has 0 aromatic heterocycles. The summed E-state index contributed by atoms with van der Waals surface area (Å²) in [6.07, 6.45) is -2.42. The standard InChI is InChI=1S/C19H24O7/c1-18(2)25-16-17(26-18)24-15-14(8-12(20)9-19(15,16)21)23-10-11-4-6-13(22-3)7-5-11/h4-7,14-17,21H,8-10H2,1-3H3/t14-,15-,16-,17+,19-/m1/s1. The minimum absolute atomic E-state index is 0.0132. The highest BCUT2D eigenvalue weighted by Crippen LogP contribution is 2.48. The van der Waals surface area contributed by atoms with Crippen molar-refractivity contribution in [1.82, 2.24) is 0 Å². The molecule has 1 aliphatic carbocycles. The molecule has 0 radical (unpaired) electrons. The minimum atomic E-state index is -1.43. The molecule has 7 heteroatoms. The number of carbonyl (C=O) groups is 1. The number of benzene rings is 1. The van der Waals surface area contributed by atoms with Gasteiger partial charge in [0.2, 0.25) is 0 Å². The summed E-state index contributed by atoms with van der Waals surface area (Å²) in [6.45, 7) is 3.82. The summed E-state index contributed by atoms with van der Waals surface area (Å²) < 4.78 is 28.5. The van der Waals surface area contributed by atoms with Gasteiger partial charge in [-0.25, -0.2) is 0 Å². The van der Waals surface area contributed by atoms with E-state index in [0.29, 0.717) is 6.61 Å². The molecule has 1 aromatic carbocycles. The number of carbonyl (C=O) groups excluding carboxylic acids is 1. The number of methoxy groups -OCH3 is 1. The third-order valence-corrected chi connectivity index (χ3v) is 5.19.